The van der Waals surface area contributed by atoms with E-state index in [1.165, 1.54) is 32.1 Å². The molecule has 0 bridgehead atoms. The second kappa shape index (κ2) is 3.80. The molecular formula is C11H16BBr. The maximum absolute atomic E-state index is 6.16. The van der Waals surface area contributed by atoms with Crippen LogP contribution in [0.1, 0.15) is 39.0 Å². The van der Waals surface area contributed by atoms with Crippen molar-refractivity contribution in [1.82, 2.24) is 0 Å². The fourth-order valence-corrected chi connectivity index (χ4v) is 3.57. The molecule has 0 aromatic carbocycles. The molecule has 2 aliphatic carbocycles. The van der Waals surface area contributed by atoms with Gasteiger partial charge in [0.15, 0.2) is 0 Å². The molecule has 0 N–H and O–H groups in total. The summed E-state index contributed by atoms with van der Waals surface area (Å²) in [6, 6.07) is 0. The molecule has 0 saturated carbocycles. The Labute approximate surface area is 90.7 Å². The summed E-state index contributed by atoms with van der Waals surface area (Å²) in [5, 5.41) is 0. The number of hydrogen-bond acceptors (Lipinski definition) is 0. The van der Waals surface area contributed by atoms with Crippen molar-refractivity contribution >= 4 is 23.8 Å². The molecule has 0 spiro atoms. The topological polar surface area (TPSA) is 0 Å². The van der Waals surface area contributed by atoms with Crippen LogP contribution >= 0.6 is 15.9 Å². The SMILES string of the molecule is [B]C1CCC(Br)C2=C1C(C)CCC2. The standard InChI is InChI=1S/C11H16BBr/c1-7-3-2-4-8-10(13)6-5-9(12)11(7)8/h7,9-10H,2-6H2,1H3. The van der Waals surface area contributed by atoms with Crippen LogP contribution in [0, 0.1) is 5.92 Å². The zero-order valence-electron chi connectivity index (χ0n) is 8.22. The number of allylic oxidation sites excluding steroid dienone is 2. The van der Waals surface area contributed by atoms with Gasteiger partial charge in [0.25, 0.3) is 0 Å². The van der Waals surface area contributed by atoms with Crippen molar-refractivity contribution in [3.63, 3.8) is 0 Å². The van der Waals surface area contributed by atoms with Gasteiger partial charge in [-0.25, -0.2) is 0 Å². The lowest BCUT2D eigenvalue weighted by molar-refractivity contribution is 0.476. The first-order valence-electron chi connectivity index (χ1n) is 5.32. The van der Waals surface area contributed by atoms with Gasteiger partial charge in [0, 0.05) is 4.83 Å². The Morgan fingerprint density at radius 2 is 2.08 bits per heavy atom. The van der Waals surface area contributed by atoms with Crippen LogP contribution in [0.2, 0.25) is 5.82 Å². The van der Waals surface area contributed by atoms with E-state index >= 15 is 0 Å². The zero-order chi connectivity index (χ0) is 9.42. The molecule has 2 radical (unpaired) electrons. The third-order valence-corrected chi connectivity index (χ3v) is 4.50. The lowest BCUT2D eigenvalue weighted by Crippen LogP contribution is -2.23. The fourth-order valence-electron chi connectivity index (χ4n) is 2.81. The molecule has 0 amide bonds. The van der Waals surface area contributed by atoms with Gasteiger partial charge in [-0.2, -0.15) is 0 Å². The third kappa shape index (κ3) is 1.75. The maximum atomic E-state index is 6.16. The number of alkyl halides is 1. The quantitative estimate of drug-likeness (QED) is 0.344. The van der Waals surface area contributed by atoms with Gasteiger partial charge in [-0.1, -0.05) is 46.2 Å². The lowest BCUT2D eigenvalue weighted by Gasteiger charge is -2.37. The van der Waals surface area contributed by atoms with E-state index < -0.39 is 0 Å². The van der Waals surface area contributed by atoms with Gasteiger partial charge in [0.2, 0.25) is 0 Å². The second-order valence-corrected chi connectivity index (χ2v) is 5.53. The minimum absolute atomic E-state index is 0.360. The van der Waals surface area contributed by atoms with E-state index in [-0.39, 0.29) is 0 Å². The Hall–Kier alpha value is 0.285. The molecule has 0 saturated heterocycles. The first-order valence-corrected chi connectivity index (χ1v) is 6.24. The Bertz CT molecular complexity index is 228. The summed E-state index contributed by atoms with van der Waals surface area (Å²) in [6.07, 6.45) is 6.37. The van der Waals surface area contributed by atoms with Gasteiger partial charge >= 0.3 is 0 Å². The van der Waals surface area contributed by atoms with Crippen LogP contribution in [0.15, 0.2) is 11.1 Å². The van der Waals surface area contributed by atoms with Crippen LogP contribution in [0.4, 0.5) is 0 Å². The van der Waals surface area contributed by atoms with Crippen molar-refractivity contribution in [3.8, 4) is 0 Å². The zero-order valence-corrected chi connectivity index (χ0v) is 9.81. The van der Waals surface area contributed by atoms with Crippen molar-refractivity contribution < 1.29 is 0 Å². The molecule has 0 aromatic heterocycles. The van der Waals surface area contributed by atoms with Gasteiger partial charge in [-0.3, -0.25) is 0 Å². The Morgan fingerprint density at radius 3 is 2.77 bits per heavy atom. The van der Waals surface area contributed by atoms with Gasteiger partial charge in [0.1, 0.15) is 0 Å². The summed E-state index contributed by atoms with van der Waals surface area (Å²) < 4.78 is 0. The normalized spacial score (nSPS) is 40.3. The molecule has 3 unspecified atom stereocenters. The van der Waals surface area contributed by atoms with Gasteiger partial charge in [0.05, 0.1) is 7.85 Å². The second-order valence-electron chi connectivity index (χ2n) is 4.43. The van der Waals surface area contributed by atoms with Crippen molar-refractivity contribution in [3.05, 3.63) is 11.1 Å². The Morgan fingerprint density at radius 1 is 1.31 bits per heavy atom. The molecule has 13 heavy (non-hydrogen) atoms. The fraction of sp³-hybridized carbons (Fsp3) is 0.818. The molecule has 0 nitrogen and oxygen atoms in total. The van der Waals surface area contributed by atoms with Gasteiger partial charge in [-0.15, -0.1) is 0 Å². The van der Waals surface area contributed by atoms with E-state index in [2.05, 4.69) is 22.9 Å². The van der Waals surface area contributed by atoms with E-state index in [0.29, 0.717) is 10.6 Å². The molecule has 0 fully saturated rings. The number of halogens is 1. The van der Waals surface area contributed by atoms with E-state index in [0.717, 1.165) is 5.92 Å². The Kier molecular flexibility index (Phi) is 2.87. The Balaban J connectivity index is 2.33. The molecule has 0 heterocycles. The summed E-state index contributed by atoms with van der Waals surface area (Å²) >= 11 is 3.77. The molecule has 70 valence electrons. The average molecular weight is 239 g/mol. The van der Waals surface area contributed by atoms with Crippen LogP contribution in [0.5, 0.6) is 0 Å². The summed E-state index contributed by atoms with van der Waals surface area (Å²) in [5.74, 6) is 1.10. The van der Waals surface area contributed by atoms with Crippen LogP contribution in [-0.2, 0) is 0 Å². The highest BCUT2D eigenvalue weighted by Crippen LogP contribution is 2.45. The average Bonchev–Trinajstić information content (AvgIpc) is 2.12. The largest absolute Gasteiger partial charge is 0.0842 e. The predicted octanol–water partition coefficient (Wildman–Crippen LogP) is 3.62. The third-order valence-electron chi connectivity index (χ3n) is 3.49. The number of rotatable bonds is 0. The van der Waals surface area contributed by atoms with E-state index in [1.54, 1.807) is 11.1 Å². The van der Waals surface area contributed by atoms with Gasteiger partial charge < -0.3 is 0 Å². The van der Waals surface area contributed by atoms with Crippen molar-refractivity contribution in [2.75, 3.05) is 0 Å². The van der Waals surface area contributed by atoms with Crippen molar-refractivity contribution in [2.45, 2.75) is 49.7 Å². The summed E-state index contributed by atoms with van der Waals surface area (Å²) in [6.45, 7) is 2.33. The first-order chi connectivity index (χ1) is 6.20. The molecule has 0 aliphatic heterocycles. The highest BCUT2D eigenvalue weighted by atomic mass is 79.9. The number of hydrogen-bond donors (Lipinski definition) is 0. The predicted molar refractivity (Wildman–Crippen MR) is 61.5 cm³/mol. The molecular weight excluding hydrogens is 223 g/mol. The van der Waals surface area contributed by atoms with Gasteiger partial charge in [-0.05, 0) is 31.6 Å². The lowest BCUT2D eigenvalue weighted by atomic mass is 9.64. The monoisotopic (exact) mass is 238 g/mol. The van der Waals surface area contributed by atoms with Crippen LogP contribution < -0.4 is 0 Å². The van der Waals surface area contributed by atoms with Crippen LogP contribution in [0.3, 0.4) is 0 Å². The smallest absolute Gasteiger partial charge is 0.0759 e. The minimum Gasteiger partial charge on any atom is -0.0842 e. The van der Waals surface area contributed by atoms with E-state index in [4.69, 9.17) is 7.85 Å². The molecule has 2 heteroatoms. The molecule has 0 aromatic rings. The van der Waals surface area contributed by atoms with Crippen LogP contribution in [-0.4, -0.2) is 12.7 Å². The maximum Gasteiger partial charge on any atom is 0.0759 e. The highest BCUT2D eigenvalue weighted by molar-refractivity contribution is 9.09. The first kappa shape index (κ1) is 9.83. The molecule has 2 rings (SSSR count). The van der Waals surface area contributed by atoms with Crippen LogP contribution in [0.25, 0.3) is 0 Å². The summed E-state index contributed by atoms with van der Waals surface area (Å²) in [5.41, 5.74) is 3.22. The van der Waals surface area contributed by atoms with Crippen molar-refractivity contribution in [2.24, 2.45) is 5.92 Å². The molecule has 2 aliphatic rings. The van der Waals surface area contributed by atoms with E-state index in [1.807, 2.05) is 0 Å². The van der Waals surface area contributed by atoms with Crippen molar-refractivity contribution in [1.29, 1.82) is 0 Å². The minimum atomic E-state index is 0.360. The van der Waals surface area contributed by atoms with E-state index in [9.17, 15) is 0 Å². The summed E-state index contributed by atoms with van der Waals surface area (Å²) in [7, 11) is 6.16. The summed E-state index contributed by atoms with van der Waals surface area (Å²) in [4.78, 5) is 0.630. The molecule has 3 atom stereocenters. The highest BCUT2D eigenvalue weighted by Gasteiger charge is 2.30.